The molecule has 17 nitrogen and oxygen atoms in total. The van der Waals surface area contributed by atoms with E-state index in [-0.39, 0.29) is 12.8 Å². The Hall–Kier alpha value is -2.34. The van der Waals surface area contributed by atoms with Gasteiger partial charge < -0.3 is 49.7 Å². The van der Waals surface area contributed by atoms with Crippen molar-refractivity contribution in [3.05, 3.63) is 60.8 Å². The zero-order valence-corrected chi connectivity index (χ0v) is 42.4. The molecule has 0 aliphatic heterocycles. The Morgan fingerprint density at radius 3 is 1.66 bits per heavy atom. The summed E-state index contributed by atoms with van der Waals surface area (Å²) in [6.45, 7) is 2.96. The highest BCUT2D eigenvalue weighted by molar-refractivity contribution is 7.47. The van der Waals surface area contributed by atoms with Crippen LogP contribution in [0, 0.1) is 0 Å². The maximum absolute atomic E-state index is 13.0. The molecule has 19 heteroatoms. The number of aliphatic hydroxyl groups is 5. The molecule has 1 saturated carbocycles. The third kappa shape index (κ3) is 33.3. The lowest BCUT2D eigenvalue weighted by Crippen LogP contribution is -2.64. The molecule has 1 aliphatic carbocycles. The van der Waals surface area contributed by atoms with E-state index >= 15 is 0 Å². The van der Waals surface area contributed by atoms with Crippen LogP contribution in [-0.2, 0) is 41.8 Å². The fraction of sp³-hybridized carbons (Fsp3) is 0.755. The van der Waals surface area contributed by atoms with Crippen LogP contribution < -0.4 is 0 Å². The summed E-state index contributed by atoms with van der Waals surface area (Å²) in [5.74, 6) is -1.32. The van der Waals surface area contributed by atoms with Gasteiger partial charge in [0.2, 0.25) is 0 Å². The number of unbranched alkanes of at least 4 members (excludes halogenated alkanes) is 17. The standard InChI is InChI=1S/C49H86O17P2/c1-3-5-7-9-11-12-13-14-15-16-17-18-19-20-25-29-33-37-43(52)64-41(39-63-68(60,61)66-49-46(55)44(53)45(54)48(47(49)56)65-67(57,58)59)38-62-42(51)36-32-28-24-22-21-23-27-31-35-40(50)34-30-26-10-8-6-4-2/h14-15,22-24,26-27,30-31,35,40-41,44-50,53-56H,3-13,16-21,25,28-29,32-34,36-39H2,1-2H3,(H,60,61)(H2,57,58,59)/b15-14-,24-22-,27-23-,30-26-,35-31+/t40-,41-,44?,45?,46?,47?,48-,49+/m1/s1. The molecule has 1 aliphatic rings. The van der Waals surface area contributed by atoms with Crippen LogP contribution in [0.4, 0.5) is 0 Å². The van der Waals surface area contributed by atoms with Crippen molar-refractivity contribution in [1.29, 1.82) is 0 Å². The van der Waals surface area contributed by atoms with Gasteiger partial charge in [0, 0.05) is 12.8 Å². The fourth-order valence-electron chi connectivity index (χ4n) is 7.21. The minimum absolute atomic E-state index is 0.0103. The van der Waals surface area contributed by atoms with E-state index < -0.39 is 89.6 Å². The molecule has 0 amide bonds. The van der Waals surface area contributed by atoms with Crippen molar-refractivity contribution in [2.24, 2.45) is 0 Å². The van der Waals surface area contributed by atoms with Gasteiger partial charge >= 0.3 is 27.6 Å². The second-order valence-electron chi connectivity index (χ2n) is 17.4. The molecule has 0 bridgehead atoms. The van der Waals surface area contributed by atoms with E-state index in [0.717, 1.165) is 64.2 Å². The normalized spacial score (nSPS) is 22.2. The zero-order chi connectivity index (χ0) is 50.5. The van der Waals surface area contributed by atoms with Crippen LogP contribution in [0.3, 0.4) is 0 Å². The van der Waals surface area contributed by atoms with Crippen LogP contribution in [-0.4, -0.2) is 114 Å². The molecule has 0 heterocycles. The Kier molecular flexibility index (Phi) is 36.8. The first kappa shape index (κ1) is 63.7. The van der Waals surface area contributed by atoms with E-state index in [2.05, 4.69) is 36.6 Å². The van der Waals surface area contributed by atoms with Crippen molar-refractivity contribution < 1.29 is 82.0 Å². The van der Waals surface area contributed by atoms with Gasteiger partial charge in [0.25, 0.3) is 0 Å². The number of aliphatic hydroxyl groups excluding tert-OH is 5. The number of ether oxygens (including phenoxy) is 2. The fourth-order valence-corrected chi connectivity index (χ4v) is 8.75. The summed E-state index contributed by atoms with van der Waals surface area (Å²) in [6, 6.07) is 0. The van der Waals surface area contributed by atoms with Crippen LogP contribution in [0.15, 0.2) is 60.8 Å². The van der Waals surface area contributed by atoms with Gasteiger partial charge in [0.05, 0.1) is 12.7 Å². The molecule has 9 atom stereocenters. The summed E-state index contributed by atoms with van der Waals surface area (Å²) in [5, 5.41) is 51.3. The summed E-state index contributed by atoms with van der Waals surface area (Å²) < 4.78 is 49.3. The van der Waals surface area contributed by atoms with Crippen molar-refractivity contribution >= 4 is 27.6 Å². The smallest absolute Gasteiger partial charge is 0.462 e. The first-order valence-corrected chi connectivity index (χ1v) is 28.0. The third-order valence-corrected chi connectivity index (χ3v) is 12.6. The third-order valence-electron chi connectivity index (χ3n) is 11.1. The lowest BCUT2D eigenvalue weighted by molar-refractivity contribution is -0.216. The number of rotatable bonds is 41. The van der Waals surface area contributed by atoms with Crippen LogP contribution in [0.5, 0.6) is 0 Å². The second kappa shape index (κ2) is 39.3. The molecule has 0 aromatic heterocycles. The highest BCUT2D eigenvalue weighted by Gasteiger charge is 2.54. The Balaban J connectivity index is 2.64. The van der Waals surface area contributed by atoms with Gasteiger partial charge in [-0.05, 0) is 70.6 Å². The van der Waals surface area contributed by atoms with E-state index in [4.69, 9.17) is 18.5 Å². The van der Waals surface area contributed by atoms with Crippen LogP contribution in [0.25, 0.3) is 0 Å². The summed E-state index contributed by atoms with van der Waals surface area (Å²) in [5.41, 5.74) is 0. The minimum Gasteiger partial charge on any atom is -0.462 e. The van der Waals surface area contributed by atoms with Gasteiger partial charge in [-0.15, -0.1) is 0 Å². The van der Waals surface area contributed by atoms with Gasteiger partial charge in [-0.1, -0.05) is 152 Å². The Morgan fingerprint density at radius 2 is 1.04 bits per heavy atom. The number of carbonyl (C=O) groups excluding carboxylic acids is 2. The lowest BCUT2D eigenvalue weighted by Gasteiger charge is -2.43. The monoisotopic (exact) mass is 1010 g/mol. The predicted octanol–water partition coefficient (Wildman–Crippen LogP) is 8.81. The van der Waals surface area contributed by atoms with Gasteiger partial charge in [-0.2, -0.15) is 0 Å². The molecule has 394 valence electrons. The summed E-state index contributed by atoms with van der Waals surface area (Å²) in [4.78, 5) is 54.3. The zero-order valence-electron chi connectivity index (χ0n) is 40.6. The van der Waals surface area contributed by atoms with Gasteiger partial charge in [-0.25, -0.2) is 9.13 Å². The van der Waals surface area contributed by atoms with Gasteiger partial charge in [0.1, 0.15) is 43.2 Å². The number of allylic oxidation sites excluding steroid dienone is 8. The van der Waals surface area contributed by atoms with E-state index in [1.807, 2.05) is 30.4 Å². The summed E-state index contributed by atoms with van der Waals surface area (Å²) in [6.07, 6.45) is 27.7. The van der Waals surface area contributed by atoms with Crippen LogP contribution in [0.1, 0.15) is 174 Å². The average molecular weight is 1010 g/mol. The minimum atomic E-state index is -5.38. The molecular weight excluding hydrogens is 922 g/mol. The molecule has 0 radical (unpaired) electrons. The number of hydrogen-bond donors (Lipinski definition) is 8. The van der Waals surface area contributed by atoms with Crippen molar-refractivity contribution in [3.63, 3.8) is 0 Å². The SMILES string of the molecule is CCCCC/C=C\C[C@@H](O)/C=C/C=C\C/C=C\CCCC(=O)OC[C@H](COP(=O)(O)O[C@H]1C(O)C(O)C(O)[C@@H](OP(=O)(O)O)C1O)OC(=O)CCCCCCCCC/C=C\CCCCCCCC. The lowest BCUT2D eigenvalue weighted by atomic mass is 9.85. The Morgan fingerprint density at radius 1 is 0.544 bits per heavy atom. The molecule has 0 aromatic carbocycles. The summed E-state index contributed by atoms with van der Waals surface area (Å²) >= 11 is 0. The Bertz CT molecular complexity index is 1560. The molecule has 8 N–H and O–H groups in total. The van der Waals surface area contributed by atoms with Crippen molar-refractivity contribution in [1.82, 2.24) is 0 Å². The molecule has 0 saturated heterocycles. The largest absolute Gasteiger partial charge is 0.472 e. The van der Waals surface area contributed by atoms with Crippen LogP contribution in [0.2, 0.25) is 0 Å². The molecule has 1 fully saturated rings. The second-order valence-corrected chi connectivity index (χ2v) is 20.0. The average Bonchev–Trinajstić information content (AvgIpc) is 3.29. The molecule has 68 heavy (non-hydrogen) atoms. The Labute approximate surface area is 405 Å². The van der Waals surface area contributed by atoms with Crippen LogP contribution >= 0.6 is 15.6 Å². The van der Waals surface area contributed by atoms with E-state index in [1.54, 1.807) is 12.2 Å². The van der Waals surface area contributed by atoms with Gasteiger partial charge in [0.15, 0.2) is 6.10 Å². The summed E-state index contributed by atoms with van der Waals surface area (Å²) in [7, 11) is -10.7. The molecule has 5 unspecified atom stereocenters. The molecule has 0 aromatic rings. The first-order valence-electron chi connectivity index (χ1n) is 24.9. The number of phosphoric ester groups is 2. The molecular formula is C49H86O17P2. The maximum atomic E-state index is 13.0. The topological polar surface area (TPSA) is 276 Å². The van der Waals surface area contributed by atoms with Crippen molar-refractivity contribution in [2.45, 2.75) is 223 Å². The van der Waals surface area contributed by atoms with E-state index in [9.17, 15) is 58.9 Å². The van der Waals surface area contributed by atoms with Crippen molar-refractivity contribution in [3.8, 4) is 0 Å². The molecule has 1 rings (SSSR count). The number of carbonyl (C=O) groups is 2. The van der Waals surface area contributed by atoms with Gasteiger partial charge in [-0.3, -0.25) is 23.2 Å². The maximum Gasteiger partial charge on any atom is 0.472 e. The molecule has 0 spiro atoms. The first-order chi connectivity index (χ1) is 32.5. The van der Waals surface area contributed by atoms with Crippen molar-refractivity contribution in [2.75, 3.05) is 13.2 Å². The highest BCUT2D eigenvalue weighted by atomic mass is 31.2. The quantitative estimate of drug-likeness (QED) is 0.00934. The van der Waals surface area contributed by atoms with E-state index in [0.29, 0.717) is 32.1 Å². The number of phosphoric acid groups is 2. The highest BCUT2D eigenvalue weighted by Crippen LogP contribution is 2.49. The number of hydrogen-bond acceptors (Lipinski definition) is 14. The predicted molar refractivity (Wildman–Crippen MR) is 261 cm³/mol. The number of esters is 2. The van der Waals surface area contributed by atoms with E-state index in [1.165, 1.54) is 51.4 Å².